The van der Waals surface area contributed by atoms with Crippen LogP contribution in [0.2, 0.25) is 0 Å². The van der Waals surface area contributed by atoms with Gasteiger partial charge >= 0.3 is 0 Å². The number of rotatable bonds is 7. The molecule has 3 heteroatoms. The molecular formula is C17H25ClN2. The summed E-state index contributed by atoms with van der Waals surface area (Å²) < 4.78 is 2.33. The molecular weight excluding hydrogens is 268 g/mol. The molecule has 0 amide bonds. The number of fused-ring (bicyclic) bond motifs is 1. The average Bonchev–Trinajstić information content (AvgIpc) is 2.83. The van der Waals surface area contributed by atoms with Crippen LogP contribution in [0.1, 0.15) is 70.1 Å². The van der Waals surface area contributed by atoms with Gasteiger partial charge in [-0.05, 0) is 32.4 Å². The quantitative estimate of drug-likeness (QED) is 0.461. The molecule has 0 aliphatic carbocycles. The van der Waals surface area contributed by atoms with Gasteiger partial charge in [0.1, 0.15) is 5.82 Å². The van der Waals surface area contributed by atoms with E-state index < -0.39 is 0 Å². The predicted molar refractivity (Wildman–Crippen MR) is 87.5 cm³/mol. The van der Waals surface area contributed by atoms with Crippen LogP contribution in [0.3, 0.4) is 0 Å². The van der Waals surface area contributed by atoms with Gasteiger partial charge < -0.3 is 4.57 Å². The fraction of sp³-hybridized carbons (Fsp3) is 0.588. The average molecular weight is 293 g/mol. The zero-order valence-electron chi connectivity index (χ0n) is 12.8. The lowest BCUT2D eigenvalue weighted by Gasteiger charge is -2.18. The zero-order valence-corrected chi connectivity index (χ0v) is 13.5. The van der Waals surface area contributed by atoms with Crippen molar-refractivity contribution in [3.8, 4) is 0 Å². The maximum Gasteiger partial charge on any atom is 0.127 e. The number of hydrogen-bond donors (Lipinski definition) is 0. The first-order valence-electron chi connectivity index (χ1n) is 7.76. The highest BCUT2D eigenvalue weighted by molar-refractivity contribution is 6.20. The Balaban J connectivity index is 2.24. The summed E-state index contributed by atoms with van der Waals surface area (Å²) in [6.45, 7) is 6.53. The van der Waals surface area contributed by atoms with E-state index in [4.69, 9.17) is 16.6 Å². The van der Waals surface area contributed by atoms with Gasteiger partial charge in [0, 0.05) is 6.04 Å². The van der Waals surface area contributed by atoms with Gasteiger partial charge in [0.25, 0.3) is 0 Å². The number of benzene rings is 1. The summed E-state index contributed by atoms with van der Waals surface area (Å²) in [5.41, 5.74) is 2.26. The van der Waals surface area contributed by atoms with Crippen molar-refractivity contribution in [1.29, 1.82) is 0 Å². The Morgan fingerprint density at radius 3 is 2.60 bits per heavy atom. The highest BCUT2D eigenvalue weighted by atomic mass is 35.5. The summed E-state index contributed by atoms with van der Waals surface area (Å²) in [7, 11) is 0. The number of nitrogens with zero attached hydrogens (tertiary/aromatic N) is 2. The van der Waals surface area contributed by atoms with Crippen molar-refractivity contribution >= 4 is 22.6 Å². The lowest BCUT2D eigenvalue weighted by molar-refractivity contribution is 0.468. The van der Waals surface area contributed by atoms with Crippen LogP contribution in [0.15, 0.2) is 24.3 Å². The number of halogens is 1. The Morgan fingerprint density at radius 1 is 1.15 bits per heavy atom. The summed E-state index contributed by atoms with van der Waals surface area (Å²) in [5, 5.41) is -0.0551. The number of aromatic nitrogens is 2. The first-order chi connectivity index (χ1) is 9.65. The van der Waals surface area contributed by atoms with Crippen LogP contribution in [-0.4, -0.2) is 9.55 Å². The highest BCUT2D eigenvalue weighted by Crippen LogP contribution is 2.30. The minimum absolute atomic E-state index is 0.0551. The first kappa shape index (κ1) is 15.4. The molecule has 0 N–H and O–H groups in total. The van der Waals surface area contributed by atoms with E-state index in [9.17, 15) is 0 Å². The van der Waals surface area contributed by atoms with E-state index in [1.807, 2.05) is 13.0 Å². The standard InChI is InChI=1S/C17H25ClN2/c1-4-5-6-7-10-13(2)20-16-12-9-8-11-15(16)19-17(20)14(3)18/h8-9,11-14H,4-7,10H2,1-3H3. The molecule has 1 aromatic heterocycles. The van der Waals surface area contributed by atoms with Crippen molar-refractivity contribution in [2.45, 2.75) is 64.3 Å². The molecule has 2 nitrogen and oxygen atoms in total. The van der Waals surface area contributed by atoms with Crippen LogP contribution in [-0.2, 0) is 0 Å². The van der Waals surface area contributed by atoms with Gasteiger partial charge in [-0.1, -0.05) is 44.7 Å². The molecule has 0 fully saturated rings. The van der Waals surface area contributed by atoms with Crippen LogP contribution in [0.5, 0.6) is 0 Å². The van der Waals surface area contributed by atoms with Gasteiger partial charge in [0.05, 0.1) is 16.4 Å². The Morgan fingerprint density at radius 2 is 1.90 bits per heavy atom. The number of alkyl halides is 1. The Hall–Kier alpha value is -1.02. The van der Waals surface area contributed by atoms with Crippen molar-refractivity contribution in [2.75, 3.05) is 0 Å². The fourth-order valence-corrected chi connectivity index (χ4v) is 2.96. The van der Waals surface area contributed by atoms with Gasteiger partial charge in [-0.25, -0.2) is 4.98 Å². The molecule has 0 aliphatic heterocycles. The van der Waals surface area contributed by atoms with Crippen molar-refractivity contribution in [1.82, 2.24) is 9.55 Å². The highest BCUT2D eigenvalue weighted by Gasteiger charge is 2.18. The first-order valence-corrected chi connectivity index (χ1v) is 8.19. The summed E-state index contributed by atoms with van der Waals surface area (Å²) in [6, 6.07) is 8.78. The zero-order chi connectivity index (χ0) is 14.5. The lowest BCUT2D eigenvalue weighted by Crippen LogP contribution is -2.10. The number of imidazole rings is 1. The topological polar surface area (TPSA) is 17.8 Å². The third kappa shape index (κ3) is 3.35. The molecule has 2 atom stereocenters. The molecule has 2 unspecified atom stereocenters. The Bertz CT molecular complexity index is 545. The molecule has 20 heavy (non-hydrogen) atoms. The van der Waals surface area contributed by atoms with Crippen LogP contribution in [0.4, 0.5) is 0 Å². The molecule has 2 rings (SSSR count). The maximum atomic E-state index is 6.32. The van der Waals surface area contributed by atoms with E-state index in [0.717, 1.165) is 11.3 Å². The van der Waals surface area contributed by atoms with Crippen molar-refractivity contribution < 1.29 is 0 Å². The molecule has 0 saturated heterocycles. The minimum atomic E-state index is -0.0551. The van der Waals surface area contributed by atoms with E-state index in [2.05, 4.69) is 36.6 Å². The summed E-state index contributed by atoms with van der Waals surface area (Å²) >= 11 is 6.32. The van der Waals surface area contributed by atoms with Gasteiger partial charge in [-0.15, -0.1) is 11.6 Å². The minimum Gasteiger partial charge on any atom is -0.324 e. The van der Waals surface area contributed by atoms with E-state index >= 15 is 0 Å². The van der Waals surface area contributed by atoms with E-state index in [-0.39, 0.29) is 5.38 Å². The van der Waals surface area contributed by atoms with Crippen molar-refractivity contribution in [3.63, 3.8) is 0 Å². The second kappa shape index (κ2) is 7.12. The largest absolute Gasteiger partial charge is 0.324 e. The smallest absolute Gasteiger partial charge is 0.127 e. The second-order valence-corrected chi connectivity index (χ2v) is 6.30. The van der Waals surface area contributed by atoms with Crippen molar-refractivity contribution in [3.05, 3.63) is 30.1 Å². The maximum absolute atomic E-state index is 6.32. The number of unbranched alkanes of at least 4 members (excludes halogenated alkanes) is 3. The van der Waals surface area contributed by atoms with Crippen LogP contribution < -0.4 is 0 Å². The van der Waals surface area contributed by atoms with Gasteiger partial charge in [-0.2, -0.15) is 0 Å². The summed E-state index contributed by atoms with van der Waals surface area (Å²) in [5.74, 6) is 0.996. The van der Waals surface area contributed by atoms with Gasteiger partial charge in [-0.3, -0.25) is 0 Å². The van der Waals surface area contributed by atoms with Crippen LogP contribution in [0, 0.1) is 0 Å². The van der Waals surface area contributed by atoms with E-state index in [1.54, 1.807) is 0 Å². The van der Waals surface area contributed by atoms with Crippen LogP contribution in [0.25, 0.3) is 11.0 Å². The lowest BCUT2D eigenvalue weighted by atomic mass is 10.1. The summed E-state index contributed by atoms with van der Waals surface area (Å²) in [4.78, 5) is 4.71. The molecule has 0 saturated carbocycles. The van der Waals surface area contributed by atoms with Crippen LogP contribution >= 0.6 is 11.6 Å². The van der Waals surface area contributed by atoms with Crippen molar-refractivity contribution in [2.24, 2.45) is 0 Å². The SMILES string of the molecule is CCCCCCC(C)n1c(C(C)Cl)nc2ccccc21. The van der Waals surface area contributed by atoms with Gasteiger partial charge in [0.15, 0.2) is 0 Å². The molecule has 1 heterocycles. The molecule has 110 valence electrons. The monoisotopic (exact) mass is 292 g/mol. The van der Waals surface area contributed by atoms with Gasteiger partial charge in [0.2, 0.25) is 0 Å². The number of para-hydroxylation sites is 2. The number of hydrogen-bond acceptors (Lipinski definition) is 1. The van der Waals surface area contributed by atoms with E-state index in [1.165, 1.54) is 37.6 Å². The fourth-order valence-electron chi connectivity index (χ4n) is 2.80. The Labute approximate surface area is 127 Å². The summed E-state index contributed by atoms with van der Waals surface area (Å²) in [6.07, 6.45) is 6.40. The molecule has 0 bridgehead atoms. The third-order valence-corrected chi connectivity index (χ3v) is 4.09. The molecule has 1 aromatic carbocycles. The Kier molecular flexibility index (Phi) is 5.47. The molecule has 0 aliphatic rings. The molecule has 0 spiro atoms. The predicted octanol–water partition coefficient (Wildman–Crippen LogP) is 5.87. The molecule has 0 radical (unpaired) electrons. The molecule has 2 aromatic rings. The second-order valence-electron chi connectivity index (χ2n) is 5.64. The van der Waals surface area contributed by atoms with E-state index in [0.29, 0.717) is 6.04 Å². The third-order valence-electron chi connectivity index (χ3n) is 3.90. The normalized spacial score (nSPS) is 14.6.